The van der Waals surface area contributed by atoms with Gasteiger partial charge < -0.3 is 9.30 Å². The summed E-state index contributed by atoms with van der Waals surface area (Å²) >= 11 is 6.36. The molecule has 3 nitrogen and oxygen atoms in total. The number of imidazole rings is 1. The van der Waals surface area contributed by atoms with E-state index in [1.54, 1.807) is 0 Å². The molecule has 0 radical (unpaired) electrons. The first-order chi connectivity index (χ1) is 13.2. The van der Waals surface area contributed by atoms with Gasteiger partial charge in [-0.2, -0.15) is 0 Å². The fourth-order valence-electron chi connectivity index (χ4n) is 3.28. The van der Waals surface area contributed by atoms with Gasteiger partial charge in [0.2, 0.25) is 0 Å². The van der Waals surface area contributed by atoms with Crippen LogP contribution in [-0.4, -0.2) is 16.2 Å². The third-order valence-electron chi connectivity index (χ3n) is 4.61. The number of para-hydroxylation sites is 2. The van der Waals surface area contributed by atoms with E-state index in [9.17, 15) is 0 Å². The third kappa shape index (κ3) is 3.99. The molecule has 1 heterocycles. The van der Waals surface area contributed by atoms with Crippen LogP contribution in [0.15, 0.2) is 72.8 Å². The normalized spacial score (nSPS) is 11.0. The van der Waals surface area contributed by atoms with Gasteiger partial charge in [-0.3, -0.25) is 0 Å². The van der Waals surface area contributed by atoms with Crippen LogP contribution in [-0.2, 0) is 13.0 Å². The Bertz CT molecular complexity index is 1070. The van der Waals surface area contributed by atoms with Crippen LogP contribution in [0.2, 0.25) is 5.02 Å². The molecule has 0 fully saturated rings. The van der Waals surface area contributed by atoms with Gasteiger partial charge in [0, 0.05) is 11.4 Å². The Hall–Kier alpha value is -2.78. The fraction of sp³-hybridized carbons (Fsp3) is 0.174. The second-order valence-corrected chi connectivity index (χ2v) is 7.01. The van der Waals surface area contributed by atoms with E-state index in [1.165, 1.54) is 5.56 Å². The number of fused-ring (bicyclic) bond motifs is 1. The molecule has 0 aliphatic heterocycles. The minimum Gasteiger partial charge on any atom is -0.492 e. The molecule has 3 aromatic carbocycles. The highest BCUT2D eigenvalue weighted by Gasteiger charge is 2.12. The molecule has 4 rings (SSSR count). The van der Waals surface area contributed by atoms with E-state index in [1.807, 2.05) is 48.5 Å². The van der Waals surface area contributed by atoms with Crippen molar-refractivity contribution in [2.75, 3.05) is 6.61 Å². The first kappa shape index (κ1) is 17.6. The lowest BCUT2D eigenvalue weighted by Gasteiger charge is -2.12. The molecular weight excluding hydrogens is 356 g/mol. The first-order valence-corrected chi connectivity index (χ1v) is 9.45. The van der Waals surface area contributed by atoms with E-state index in [0.29, 0.717) is 13.0 Å². The summed E-state index contributed by atoms with van der Waals surface area (Å²) in [5.41, 5.74) is 4.39. The molecule has 0 aliphatic rings. The van der Waals surface area contributed by atoms with Crippen molar-refractivity contribution in [2.24, 2.45) is 0 Å². The van der Waals surface area contributed by atoms with E-state index in [4.69, 9.17) is 21.3 Å². The van der Waals surface area contributed by atoms with Crippen molar-refractivity contribution in [1.29, 1.82) is 0 Å². The van der Waals surface area contributed by atoms with Gasteiger partial charge in [0.25, 0.3) is 0 Å². The molecule has 0 aliphatic carbocycles. The molecular formula is C23H21ClN2O. The zero-order chi connectivity index (χ0) is 18.6. The molecule has 0 spiro atoms. The minimum absolute atomic E-state index is 0.583. The van der Waals surface area contributed by atoms with E-state index < -0.39 is 0 Å². The van der Waals surface area contributed by atoms with Crippen molar-refractivity contribution in [3.63, 3.8) is 0 Å². The van der Waals surface area contributed by atoms with Crippen LogP contribution in [0.4, 0.5) is 0 Å². The summed E-state index contributed by atoms with van der Waals surface area (Å²) in [5, 5.41) is 0.770. The monoisotopic (exact) mass is 376 g/mol. The summed E-state index contributed by atoms with van der Waals surface area (Å²) in [6.45, 7) is 3.38. The molecule has 0 bridgehead atoms. The number of nitrogens with zero attached hydrogens (tertiary/aromatic N) is 2. The van der Waals surface area contributed by atoms with Crippen LogP contribution in [0, 0.1) is 6.92 Å². The largest absolute Gasteiger partial charge is 0.492 e. The molecule has 4 heteroatoms. The van der Waals surface area contributed by atoms with E-state index in [-0.39, 0.29) is 0 Å². The molecule has 0 saturated heterocycles. The zero-order valence-corrected chi connectivity index (χ0v) is 16.0. The van der Waals surface area contributed by atoms with E-state index in [2.05, 4.69) is 35.8 Å². The molecule has 1 aromatic heterocycles. The zero-order valence-electron chi connectivity index (χ0n) is 15.2. The molecule has 136 valence electrons. The topological polar surface area (TPSA) is 27.1 Å². The molecule has 0 amide bonds. The SMILES string of the molecule is Cc1cccc(OCCn2c(Cc3ccccc3Cl)nc3ccccc32)c1. The average molecular weight is 377 g/mol. The maximum atomic E-state index is 6.36. The summed E-state index contributed by atoms with van der Waals surface area (Å²) in [6, 6.07) is 24.3. The Morgan fingerprint density at radius 1 is 0.963 bits per heavy atom. The quantitative estimate of drug-likeness (QED) is 0.433. The summed E-state index contributed by atoms with van der Waals surface area (Å²) in [6.07, 6.45) is 0.693. The average Bonchev–Trinajstić information content (AvgIpc) is 3.01. The fourth-order valence-corrected chi connectivity index (χ4v) is 3.48. The highest BCUT2D eigenvalue weighted by Crippen LogP contribution is 2.22. The highest BCUT2D eigenvalue weighted by atomic mass is 35.5. The van der Waals surface area contributed by atoms with Crippen molar-refractivity contribution in [3.05, 3.63) is 94.8 Å². The number of aryl methyl sites for hydroxylation is 1. The first-order valence-electron chi connectivity index (χ1n) is 9.08. The van der Waals surface area contributed by atoms with Crippen LogP contribution in [0.3, 0.4) is 0 Å². The van der Waals surface area contributed by atoms with Gasteiger partial charge in [-0.25, -0.2) is 4.98 Å². The van der Waals surface area contributed by atoms with Crippen LogP contribution < -0.4 is 4.74 Å². The van der Waals surface area contributed by atoms with Crippen LogP contribution >= 0.6 is 11.6 Å². The number of ether oxygens (including phenoxy) is 1. The van der Waals surface area contributed by atoms with Gasteiger partial charge in [0.05, 0.1) is 17.6 Å². The van der Waals surface area contributed by atoms with E-state index in [0.717, 1.165) is 39.7 Å². The van der Waals surface area contributed by atoms with E-state index >= 15 is 0 Å². The molecule has 4 aromatic rings. The van der Waals surface area contributed by atoms with Crippen LogP contribution in [0.25, 0.3) is 11.0 Å². The second kappa shape index (κ2) is 7.85. The van der Waals surface area contributed by atoms with Gasteiger partial charge in [-0.1, -0.05) is 54.1 Å². The van der Waals surface area contributed by atoms with Gasteiger partial charge in [-0.15, -0.1) is 0 Å². The number of benzene rings is 3. The molecule has 0 N–H and O–H groups in total. The third-order valence-corrected chi connectivity index (χ3v) is 4.98. The number of halogens is 1. The van der Waals surface area contributed by atoms with Crippen molar-refractivity contribution in [3.8, 4) is 5.75 Å². The lowest BCUT2D eigenvalue weighted by Crippen LogP contribution is -2.11. The van der Waals surface area contributed by atoms with Gasteiger partial charge in [-0.05, 0) is 48.4 Å². The number of hydrogen-bond acceptors (Lipinski definition) is 2. The van der Waals surface area contributed by atoms with Gasteiger partial charge in [0.1, 0.15) is 18.2 Å². The molecule has 0 saturated carbocycles. The minimum atomic E-state index is 0.583. The van der Waals surface area contributed by atoms with Crippen molar-refractivity contribution < 1.29 is 4.74 Å². The summed E-state index contributed by atoms with van der Waals surface area (Å²) in [4.78, 5) is 4.84. The summed E-state index contributed by atoms with van der Waals surface area (Å²) in [7, 11) is 0. The van der Waals surface area contributed by atoms with Crippen molar-refractivity contribution >= 4 is 22.6 Å². The van der Waals surface area contributed by atoms with Gasteiger partial charge in [0.15, 0.2) is 0 Å². The predicted octanol–water partition coefficient (Wildman–Crippen LogP) is 5.67. The Kier molecular flexibility index (Phi) is 5.12. The van der Waals surface area contributed by atoms with Crippen molar-refractivity contribution in [1.82, 2.24) is 9.55 Å². The van der Waals surface area contributed by atoms with Gasteiger partial charge >= 0.3 is 0 Å². The smallest absolute Gasteiger partial charge is 0.119 e. The number of aromatic nitrogens is 2. The standard InChI is InChI=1S/C23H21ClN2O/c1-17-7-6-9-19(15-17)27-14-13-26-22-12-5-4-11-21(22)25-23(26)16-18-8-2-3-10-20(18)24/h2-12,15H,13-14,16H2,1H3. The molecule has 27 heavy (non-hydrogen) atoms. The van der Waals surface area contributed by atoms with Crippen LogP contribution in [0.1, 0.15) is 17.0 Å². The van der Waals surface area contributed by atoms with Crippen molar-refractivity contribution in [2.45, 2.75) is 19.9 Å². The van der Waals surface area contributed by atoms with Crippen LogP contribution in [0.5, 0.6) is 5.75 Å². The summed E-state index contributed by atoms with van der Waals surface area (Å²) < 4.78 is 8.19. The Morgan fingerprint density at radius 2 is 1.78 bits per heavy atom. The Morgan fingerprint density at radius 3 is 2.63 bits per heavy atom. The number of rotatable bonds is 6. The molecule has 0 unspecified atom stereocenters. The lowest BCUT2D eigenvalue weighted by atomic mass is 10.1. The Labute approximate surface area is 164 Å². The maximum absolute atomic E-state index is 6.36. The highest BCUT2D eigenvalue weighted by molar-refractivity contribution is 6.31. The maximum Gasteiger partial charge on any atom is 0.119 e. The predicted molar refractivity (Wildman–Crippen MR) is 111 cm³/mol. The second-order valence-electron chi connectivity index (χ2n) is 6.60. The number of hydrogen-bond donors (Lipinski definition) is 0. The lowest BCUT2D eigenvalue weighted by molar-refractivity contribution is 0.298. The summed E-state index contributed by atoms with van der Waals surface area (Å²) in [5.74, 6) is 1.89. The Balaban J connectivity index is 1.59. The molecule has 0 atom stereocenters.